The van der Waals surface area contributed by atoms with E-state index in [1.807, 2.05) is 0 Å². The summed E-state index contributed by atoms with van der Waals surface area (Å²) in [7, 11) is 0. The maximum atomic E-state index is 6.45. The lowest BCUT2D eigenvalue weighted by molar-refractivity contribution is 0.0384. The number of rotatable bonds is 2. The molecule has 1 aromatic rings. The summed E-state index contributed by atoms with van der Waals surface area (Å²) in [5.74, 6) is 0.586. The third-order valence-electron chi connectivity index (χ3n) is 4.48. The molecule has 2 rings (SSSR count). The highest BCUT2D eigenvalue weighted by Crippen LogP contribution is 2.35. The maximum Gasteiger partial charge on any atom is 0.0504 e. The third kappa shape index (κ3) is 3.24. The van der Waals surface area contributed by atoms with E-state index in [9.17, 15) is 0 Å². The van der Waals surface area contributed by atoms with Crippen LogP contribution in [0, 0.1) is 0 Å². The molecule has 0 bridgehead atoms. The summed E-state index contributed by atoms with van der Waals surface area (Å²) in [6.07, 6.45) is 2.34. The Kier molecular flexibility index (Phi) is 4.55. The second-order valence-electron chi connectivity index (χ2n) is 7.44. The van der Waals surface area contributed by atoms with Gasteiger partial charge in [0, 0.05) is 11.6 Å². The van der Waals surface area contributed by atoms with Crippen LogP contribution in [0.15, 0.2) is 24.3 Å². The molecule has 2 unspecified atom stereocenters. The molecule has 2 heteroatoms. The minimum atomic E-state index is 0.166. The maximum absolute atomic E-state index is 6.45. The van der Waals surface area contributed by atoms with Crippen molar-refractivity contribution in [3.8, 4) is 0 Å². The summed E-state index contributed by atoms with van der Waals surface area (Å²) in [4.78, 5) is 2.57. The zero-order valence-electron chi connectivity index (χ0n) is 13.7. The zero-order valence-corrected chi connectivity index (χ0v) is 13.7. The van der Waals surface area contributed by atoms with Gasteiger partial charge in [-0.15, -0.1) is 0 Å². The Balaban J connectivity index is 2.30. The average molecular weight is 274 g/mol. The molecule has 1 aliphatic rings. The van der Waals surface area contributed by atoms with Gasteiger partial charge in [-0.3, -0.25) is 4.90 Å². The molecule has 2 atom stereocenters. The quantitative estimate of drug-likeness (QED) is 0.880. The van der Waals surface area contributed by atoms with E-state index in [1.54, 1.807) is 0 Å². The summed E-state index contributed by atoms with van der Waals surface area (Å²) in [5.41, 5.74) is 9.40. The zero-order chi connectivity index (χ0) is 14.9. The minimum absolute atomic E-state index is 0.166. The van der Waals surface area contributed by atoms with Gasteiger partial charge in [-0.1, -0.05) is 38.1 Å². The highest BCUT2D eigenvalue weighted by atomic mass is 15.2. The van der Waals surface area contributed by atoms with E-state index in [-0.39, 0.29) is 11.6 Å². The molecule has 0 aromatic heterocycles. The molecule has 0 radical (unpaired) electrons. The van der Waals surface area contributed by atoms with Crippen LogP contribution in [-0.2, 0) is 0 Å². The number of piperidine rings is 1. The first-order valence-electron chi connectivity index (χ1n) is 7.93. The van der Waals surface area contributed by atoms with Crippen LogP contribution in [0.1, 0.15) is 70.5 Å². The second kappa shape index (κ2) is 5.87. The van der Waals surface area contributed by atoms with Crippen molar-refractivity contribution in [3.63, 3.8) is 0 Å². The Labute approximate surface area is 124 Å². The molecule has 112 valence electrons. The van der Waals surface area contributed by atoms with Crippen LogP contribution in [0.5, 0.6) is 0 Å². The molecule has 0 saturated carbocycles. The first-order valence-corrected chi connectivity index (χ1v) is 7.93. The molecular formula is C18H30N2. The molecule has 0 spiro atoms. The standard InChI is InChI=1S/C18H30N2/c1-13(2)14-8-10-15(11-9-14)17-16(19)7-6-12-20(17)18(3,4)5/h8-11,13,16-17H,6-7,12,19H2,1-5H3. The lowest BCUT2D eigenvalue weighted by atomic mass is 9.86. The highest BCUT2D eigenvalue weighted by Gasteiger charge is 2.36. The number of hydrogen-bond donors (Lipinski definition) is 1. The summed E-state index contributed by atoms with van der Waals surface area (Å²) >= 11 is 0. The van der Waals surface area contributed by atoms with Crippen molar-refractivity contribution in [1.29, 1.82) is 0 Å². The van der Waals surface area contributed by atoms with Gasteiger partial charge in [0.1, 0.15) is 0 Å². The smallest absolute Gasteiger partial charge is 0.0504 e. The van der Waals surface area contributed by atoms with Crippen LogP contribution < -0.4 is 5.73 Å². The van der Waals surface area contributed by atoms with E-state index in [0.717, 1.165) is 13.0 Å². The van der Waals surface area contributed by atoms with Crippen molar-refractivity contribution in [2.45, 2.75) is 71.0 Å². The fourth-order valence-corrected chi connectivity index (χ4v) is 3.28. The fraction of sp³-hybridized carbons (Fsp3) is 0.667. The Bertz CT molecular complexity index is 428. The second-order valence-corrected chi connectivity index (χ2v) is 7.44. The first kappa shape index (κ1) is 15.5. The van der Waals surface area contributed by atoms with Crippen LogP contribution in [-0.4, -0.2) is 23.0 Å². The van der Waals surface area contributed by atoms with Gasteiger partial charge in [0.25, 0.3) is 0 Å². The van der Waals surface area contributed by atoms with Gasteiger partial charge in [-0.25, -0.2) is 0 Å². The third-order valence-corrected chi connectivity index (χ3v) is 4.48. The fourth-order valence-electron chi connectivity index (χ4n) is 3.28. The van der Waals surface area contributed by atoms with Crippen LogP contribution in [0.2, 0.25) is 0 Å². The number of hydrogen-bond acceptors (Lipinski definition) is 2. The van der Waals surface area contributed by atoms with Crippen molar-refractivity contribution in [1.82, 2.24) is 4.90 Å². The van der Waals surface area contributed by atoms with Gasteiger partial charge in [0.15, 0.2) is 0 Å². The number of benzene rings is 1. The van der Waals surface area contributed by atoms with E-state index in [2.05, 4.69) is 63.8 Å². The van der Waals surface area contributed by atoms with Crippen molar-refractivity contribution in [2.75, 3.05) is 6.54 Å². The molecule has 1 aliphatic heterocycles. The van der Waals surface area contributed by atoms with Gasteiger partial charge < -0.3 is 5.73 Å². The number of nitrogens with two attached hydrogens (primary N) is 1. The Hall–Kier alpha value is -0.860. The molecule has 2 nitrogen and oxygen atoms in total. The van der Waals surface area contributed by atoms with Gasteiger partial charge in [-0.2, -0.15) is 0 Å². The Morgan fingerprint density at radius 2 is 1.75 bits per heavy atom. The summed E-state index contributed by atoms with van der Waals surface area (Å²) in [6, 6.07) is 9.69. The minimum Gasteiger partial charge on any atom is -0.326 e. The van der Waals surface area contributed by atoms with Crippen LogP contribution in [0.25, 0.3) is 0 Å². The van der Waals surface area contributed by atoms with E-state index >= 15 is 0 Å². The normalized spacial score (nSPS) is 25.1. The van der Waals surface area contributed by atoms with Crippen molar-refractivity contribution >= 4 is 0 Å². The van der Waals surface area contributed by atoms with Gasteiger partial charge in [0.05, 0.1) is 6.04 Å². The summed E-state index contributed by atoms with van der Waals surface area (Å²) in [5, 5.41) is 0. The molecule has 0 aliphatic carbocycles. The van der Waals surface area contributed by atoms with E-state index in [0.29, 0.717) is 12.0 Å². The van der Waals surface area contributed by atoms with Crippen molar-refractivity contribution in [3.05, 3.63) is 35.4 Å². The van der Waals surface area contributed by atoms with E-state index in [1.165, 1.54) is 17.5 Å². The SMILES string of the molecule is CC(C)c1ccc(C2C(N)CCCN2C(C)(C)C)cc1. The van der Waals surface area contributed by atoms with E-state index < -0.39 is 0 Å². The van der Waals surface area contributed by atoms with Crippen molar-refractivity contribution < 1.29 is 0 Å². The van der Waals surface area contributed by atoms with Crippen LogP contribution >= 0.6 is 0 Å². The predicted octanol–water partition coefficient (Wildman–Crippen LogP) is 4.07. The van der Waals surface area contributed by atoms with Crippen molar-refractivity contribution in [2.24, 2.45) is 5.73 Å². The molecule has 1 fully saturated rings. The van der Waals surface area contributed by atoms with Gasteiger partial charge in [0.2, 0.25) is 0 Å². The molecule has 1 heterocycles. The van der Waals surface area contributed by atoms with Gasteiger partial charge in [-0.05, 0) is 57.2 Å². The number of likely N-dealkylation sites (tertiary alicyclic amines) is 1. The van der Waals surface area contributed by atoms with E-state index in [4.69, 9.17) is 5.73 Å². The molecule has 0 amide bonds. The van der Waals surface area contributed by atoms with Gasteiger partial charge >= 0.3 is 0 Å². The topological polar surface area (TPSA) is 29.3 Å². The number of nitrogens with zero attached hydrogens (tertiary/aromatic N) is 1. The Morgan fingerprint density at radius 1 is 1.15 bits per heavy atom. The largest absolute Gasteiger partial charge is 0.326 e. The lowest BCUT2D eigenvalue weighted by Gasteiger charge is -2.47. The predicted molar refractivity (Wildman–Crippen MR) is 86.9 cm³/mol. The summed E-state index contributed by atoms with van der Waals surface area (Å²) < 4.78 is 0. The molecular weight excluding hydrogens is 244 g/mol. The average Bonchev–Trinajstić information content (AvgIpc) is 2.37. The molecule has 1 aromatic carbocycles. The highest BCUT2D eigenvalue weighted by molar-refractivity contribution is 5.28. The summed E-state index contributed by atoms with van der Waals surface area (Å²) in [6.45, 7) is 12.5. The first-order chi connectivity index (χ1) is 9.30. The molecule has 1 saturated heterocycles. The van der Waals surface area contributed by atoms with Crippen LogP contribution in [0.4, 0.5) is 0 Å². The van der Waals surface area contributed by atoms with Crippen LogP contribution in [0.3, 0.4) is 0 Å². The lowest BCUT2D eigenvalue weighted by Crippen LogP contribution is -2.53. The Morgan fingerprint density at radius 3 is 2.25 bits per heavy atom. The molecule has 2 N–H and O–H groups in total. The molecule has 20 heavy (non-hydrogen) atoms. The monoisotopic (exact) mass is 274 g/mol.